The lowest BCUT2D eigenvalue weighted by Crippen LogP contribution is -2.47. The Morgan fingerprint density at radius 1 is 0.776 bits per heavy atom. The van der Waals surface area contributed by atoms with Crippen LogP contribution in [0.4, 0.5) is 47.3 Å². The normalized spacial score (nSPS) is 18.6. The zero-order valence-corrected chi connectivity index (χ0v) is 30.4. The van der Waals surface area contributed by atoms with Gasteiger partial charge in [0.25, 0.3) is 17.7 Å². The summed E-state index contributed by atoms with van der Waals surface area (Å²) >= 11 is 0. The second kappa shape index (κ2) is 15.5. The van der Waals surface area contributed by atoms with Gasteiger partial charge in [0.2, 0.25) is 0 Å². The summed E-state index contributed by atoms with van der Waals surface area (Å²) in [5, 5.41) is 8.50. The average Bonchev–Trinajstić information content (AvgIpc) is 3.68. The first-order valence-corrected chi connectivity index (χ1v) is 18.1. The first-order valence-electron chi connectivity index (χ1n) is 18.1. The molecule has 0 spiro atoms. The number of nitrogens with zero attached hydrogens (tertiary/aromatic N) is 5. The van der Waals surface area contributed by atoms with Gasteiger partial charge in [0, 0.05) is 19.3 Å². The van der Waals surface area contributed by atoms with Crippen LogP contribution in [0.5, 0.6) is 0 Å². The van der Waals surface area contributed by atoms with Crippen LogP contribution in [0.3, 0.4) is 0 Å². The van der Waals surface area contributed by atoms with Crippen LogP contribution in [0.15, 0.2) is 89.4 Å². The quantitative estimate of drug-likeness (QED) is 0.156. The van der Waals surface area contributed by atoms with Crippen LogP contribution >= 0.6 is 0 Å². The van der Waals surface area contributed by atoms with Gasteiger partial charge in [0.15, 0.2) is 0 Å². The molecule has 0 aliphatic carbocycles. The maximum atomic E-state index is 13.9. The highest BCUT2D eigenvalue weighted by Crippen LogP contribution is 2.40. The number of anilines is 2. The number of nitrogens with two attached hydrogens (primary N) is 1. The lowest BCUT2D eigenvalue weighted by molar-refractivity contribution is -0.138. The monoisotopic (exact) mass is 811 g/mol. The number of aromatic nitrogens is 1. The zero-order valence-electron chi connectivity index (χ0n) is 30.4. The second-order valence-corrected chi connectivity index (χ2v) is 13.8. The fraction of sp³-hybridized carbons (Fsp3) is 0.316. The first-order chi connectivity index (χ1) is 27.5. The third-order valence-electron chi connectivity index (χ3n) is 10.1. The lowest BCUT2D eigenvalue weighted by Gasteiger charge is -2.33. The summed E-state index contributed by atoms with van der Waals surface area (Å²) in [6.45, 7) is 1.28. The van der Waals surface area contributed by atoms with Gasteiger partial charge in [-0.25, -0.2) is 9.59 Å². The van der Waals surface area contributed by atoms with Crippen LogP contribution in [0.25, 0.3) is 0 Å². The molecule has 5 N–H and O–H groups in total. The molecule has 7 rings (SSSR count). The molecule has 0 radical (unpaired) electrons. The van der Waals surface area contributed by atoms with Crippen LogP contribution in [0.2, 0.25) is 0 Å². The SMILES string of the molecule is NC(=O)c1ccc([C@H]2NC(=O)N(c3cccc(C(F)(F)F)c3)C3=C2C(=O)N(CCCNCCCN2CC4=C(CNC(=O)N4c4cccc(C(F)(F)F)c4)C2=O)C3)cn1. The molecule has 1 aromatic heterocycles. The minimum Gasteiger partial charge on any atom is -0.364 e. The van der Waals surface area contributed by atoms with Gasteiger partial charge >= 0.3 is 24.4 Å². The number of primary amides is 1. The number of amides is 7. The molecule has 2 aromatic carbocycles. The smallest absolute Gasteiger partial charge is 0.364 e. The molecule has 0 saturated heterocycles. The average molecular weight is 812 g/mol. The Balaban J connectivity index is 0.961. The predicted molar refractivity (Wildman–Crippen MR) is 195 cm³/mol. The van der Waals surface area contributed by atoms with Crippen molar-refractivity contribution < 1.29 is 50.3 Å². The minimum absolute atomic E-state index is 0.0130. The Bertz CT molecular complexity index is 2240. The van der Waals surface area contributed by atoms with Gasteiger partial charge in [0.05, 0.1) is 70.7 Å². The van der Waals surface area contributed by atoms with Crippen molar-refractivity contribution in [3.63, 3.8) is 0 Å². The Hall–Kier alpha value is -6.44. The van der Waals surface area contributed by atoms with Gasteiger partial charge in [-0.2, -0.15) is 26.3 Å². The van der Waals surface area contributed by atoms with Gasteiger partial charge in [-0.1, -0.05) is 18.2 Å². The molecule has 0 fully saturated rings. The molecule has 20 heteroatoms. The number of hydrogen-bond acceptors (Lipinski definition) is 7. The van der Waals surface area contributed by atoms with Crippen molar-refractivity contribution in [3.8, 4) is 0 Å². The molecule has 58 heavy (non-hydrogen) atoms. The van der Waals surface area contributed by atoms with Crippen molar-refractivity contribution in [1.29, 1.82) is 0 Å². The third kappa shape index (κ3) is 7.78. The number of benzene rings is 2. The Morgan fingerprint density at radius 2 is 1.34 bits per heavy atom. The summed E-state index contributed by atoms with van der Waals surface area (Å²) in [5.41, 5.74) is 4.54. The van der Waals surface area contributed by atoms with E-state index in [1.807, 2.05) is 0 Å². The molecule has 0 bridgehead atoms. The number of pyridine rings is 1. The van der Waals surface area contributed by atoms with E-state index in [2.05, 4.69) is 20.9 Å². The number of carbonyl (C=O) groups is 5. The Kier molecular flexibility index (Phi) is 10.6. The maximum absolute atomic E-state index is 13.9. The number of nitrogens with one attached hydrogen (secondary N) is 3. The van der Waals surface area contributed by atoms with Crippen LogP contribution in [-0.4, -0.2) is 90.4 Å². The fourth-order valence-electron chi connectivity index (χ4n) is 7.34. The summed E-state index contributed by atoms with van der Waals surface area (Å²) in [6, 6.07) is 8.92. The highest BCUT2D eigenvalue weighted by Gasteiger charge is 2.45. The van der Waals surface area contributed by atoms with Crippen molar-refractivity contribution in [2.75, 3.05) is 55.6 Å². The molecule has 1 atom stereocenters. The van der Waals surface area contributed by atoms with Crippen molar-refractivity contribution in [1.82, 2.24) is 30.7 Å². The van der Waals surface area contributed by atoms with Gasteiger partial charge in [-0.3, -0.25) is 29.2 Å². The summed E-state index contributed by atoms with van der Waals surface area (Å²) in [7, 11) is 0. The molecule has 14 nitrogen and oxygen atoms in total. The van der Waals surface area contributed by atoms with E-state index in [0.717, 1.165) is 34.1 Å². The number of halogens is 6. The minimum atomic E-state index is -4.69. The number of alkyl halides is 6. The van der Waals surface area contributed by atoms with E-state index in [-0.39, 0.29) is 67.0 Å². The van der Waals surface area contributed by atoms with E-state index in [0.29, 0.717) is 42.8 Å². The van der Waals surface area contributed by atoms with E-state index in [9.17, 15) is 50.3 Å². The summed E-state index contributed by atoms with van der Waals surface area (Å²) in [5.74, 6) is -1.57. The molecule has 5 heterocycles. The summed E-state index contributed by atoms with van der Waals surface area (Å²) in [4.78, 5) is 74.2. The first kappa shape index (κ1) is 39.8. The maximum Gasteiger partial charge on any atom is 0.416 e. The van der Waals surface area contributed by atoms with Crippen LogP contribution in [0, 0.1) is 0 Å². The number of hydrogen-bond donors (Lipinski definition) is 4. The van der Waals surface area contributed by atoms with Crippen LogP contribution in [-0.2, 0) is 21.9 Å². The van der Waals surface area contributed by atoms with E-state index in [1.54, 1.807) is 0 Å². The number of carbonyl (C=O) groups excluding carboxylic acids is 5. The molecule has 0 saturated carbocycles. The lowest BCUT2D eigenvalue weighted by atomic mass is 9.96. The molecule has 7 amide bonds. The summed E-state index contributed by atoms with van der Waals surface area (Å²) in [6.07, 6.45) is -7.09. The van der Waals surface area contributed by atoms with Crippen molar-refractivity contribution >= 4 is 41.2 Å². The third-order valence-corrected chi connectivity index (χ3v) is 10.1. The van der Waals surface area contributed by atoms with Gasteiger partial charge < -0.3 is 31.5 Å². The zero-order chi connectivity index (χ0) is 41.5. The van der Waals surface area contributed by atoms with Crippen LogP contribution < -0.4 is 31.5 Å². The molecule has 304 valence electrons. The highest BCUT2D eigenvalue weighted by molar-refractivity contribution is 6.08. The van der Waals surface area contributed by atoms with Crippen molar-refractivity contribution in [3.05, 3.63) is 112 Å². The largest absolute Gasteiger partial charge is 0.416 e. The van der Waals surface area contributed by atoms with E-state index >= 15 is 0 Å². The predicted octanol–water partition coefficient (Wildman–Crippen LogP) is 4.28. The van der Waals surface area contributed by atoms with Gasteiger partial charge in [0.1, 0.15) is 5.69 Å². The van der Waals surface area contributed by atoms with Crippen molar-refractivity contribution in [2.24, 2.45) is 5.73 Å². The molecular weight excluding hydrogens is 776 g/mol. The topological polar surface area (TPSA) is 173 Å². The van der Waals surface area contributed by atoms with Crippen molar-refractivity contribution in [2.45, 2.75) is 31.2 Å². The Morgan fingerprint density at radius 3 is 1.90 bits per heavy atom. The standard InChI is InChI=1S/C38H35F6N9O5/c39-37(40,41)22-5-1-7-24(15-22)52-28-19-50(33(55)26(28)18-48-35(52)57)13-3-11-46-12-4-14-51-20-29-30(34(51)56)31(21-9-10-27(32(45)54)47-17-21)49-36(58)53(29)25-8-2-6-23(16-25)38(42,43)44/h1-2,5-10,15-17,31,46H,3-4,11-14,18-20H2,(H2,45,54)(H,48,57)(H,49,58)/t31-/m1/s1. The molecular formula is C38H35F6N9O5. The van der Waals surface area contributed by atoms with E-state index in [4.69, 9.17) is 5.73 Å². The number of urea groups is 2. The van der Waals surface area contributed by atoms with Gasteiger partial charge in [-0.05, 0) is 74.0 Å². The summed E-state index contributed by atoms with van der Waals surface area (Å²) < 4.78 is 81.1. The fourth-order valence-corrected chi connectivity index (χ4v) is 7.34. The van der Waals surface area contributed by atoms with Crippen LogP contribution in [0.1, 0.15) is 46.1 Å². The van der Waals surface area contributed by atoms with Gasteiger partial charge in [-0.15, -0.1) is 0 Å². The molecule has 4 aliphatic heterocycles. The van der Waals surface area contributed by atoms with E-state index in [1.165, 1.54) is 52.4 Å². The molecule has 0 unspecified atom stereocenters. The molecule has 3 aromatic rings. The highest BCUT2D eigenvalue weighted by atomic mass is 19.4. The number of rotatable bonds is 12. The van der Waals surface area contributed by atoms with E-state index < -0.39 is 53.4 Å². The Labute approximate surface area is 326 Å². The molecule has 4 aliphatic rings. The second-order valence-electron chi connectivity index (χ2n) is 13.8.